The molecule has 0 rings (SSSR count). The lowest BCUT2D eigenvalue weighted by Crippen LogP contribution is -2.25. The molecule has 0 spiro atoms. The molecule has 0 radical (unpaired) electrons. The molecule has 0 bridgehead atoms. The summed E-state index contributed by atoms with van der Waals surface area (Å²) in [5.74, 6) is -4.76. The third-order valence-electron chi connectivity index (χ3n) is 6.82. The van der Waals surface area contributed by atoms with Crippen LogP contribution in [0.5, 0.6) is 0 Å². The van der Waals surface area contributed by atoms with Gasteiger partial charge in [-0.05, 0) is 0 Å². The molecule has 0 saturated heterocycles. The zero-order valence-corrected chi connectivity index (χ0v) is 40.1. The Hall–Kier alpha value is 0.290. The van der Waals surface area contributed by atoms with Gasteiger partial charge in [0.1, 0.15) is 0 Å². The summed E-state index contributed by atoms with van der Waals surface area (Å²) in [6.07, 6.45) is 0. The van der Waals surface area contributed by atoms with Crippen LogP contribution in [0.1, 0.15) is 0 Å². The minimum atomic E-state index is -5.07. The van der Waals surface area contributed by atoms with Crippen molar-refractivity contribution in [2.45, 2.75) is 0 Å². The number of nitrogens with one attached hydrogen (secondary N) is 4. The average Bonchev–Trinajstić information content (AvgIpc) is 3.21. The first-order valence-electron chi connectivity index (χ1n) is 17.9. The second kappa shape index (κ2) is 33.8. The van der Waals surface area contributed by atoms with E-state index in [9.17, 15) is 79.2 Å². The highest BCUT2D eigenvalue weighted by Crippen LogP contribution is 2.49. The van der Waals surface area contributed by atoms with Crippen LogP contribution in [0.15, 0.2) is 0 Å². The Balaban J connectivity index is 4.71. The molecular formula is C22H53F4N4O29P7. The van der Waals surface area contributed by atoms with E-state index < -0.39 is 197 Å². The Morgan fingerprint density at radius 3 is 0.682 bits per heavy atom. The summed E-state index contributed by atoms with van der Waals surface area (Å²) in [6, 6.07) is 0. The van der Waals surface area contributed by atoms with Gasteiger partial charge >= 0.3 is 54.8 Å². The van der Waals surface area contributed by atoms with E-state index in [-0.39, 0.29) is 0 Å². The molecule has 13 N–H and O–H groups in total. The van der Waals surface area contributed by atoms with Crippen LogP contribution in [0.3, 0.4) is 0 Å². The van der Waals surface area contributed by atoms with Gasteiger partial charge in [0.05, 0.1) is 85.9 Å². The molecule has 0 aliphatic carbocycles. The van der Waals surface area contributed by atoms with Gasteiger partial charge in [-0.2, -0.15) is 22.2 Å². The zero-order chi connectivity index (χ0) is 50.6. The molecular weight excluding hydrogens is 1080 g/mol. The molecule has 66 heavy (non-hydrogen) atoms. The Bertz CT molecular complexity index is 1680. The molecule has 0 aromatic rings. The smallest absolute Gasteiger partial charge is 0.396 e. The first-order chi connectivity index (χ1) is 30.5. The van der Waals surface area contributed by atoms with Gasteiger partial charge in [-0.3, -0.25) is 58.8 Å². The van der Waals surface area contributed by atoms with Crippen molar-refractivity contribution in [3.05, 3.63) is 0 Å². The summed E-state index contributed by atoms with van der Waals surface area (Å²) in [7, 11) is -34.8. The third kappa shape index (κ3) is 37.1. The Kier molecular flexibility index (Phi) is 34.0. The van der Waals surface area contributed by atoms with E-state index >= 15 is 0 Å². The second-order valence-electron chi connectivity index (χ2n) is 12.4. The molecule has 0 amide bonds. The largest absolute Gasteiger partial charge is 0.472 e. The number of phosphoric acid groups is 7. The molecule has 10 unspecified atom stereocenters. The first kappa shape index (κ1) is 66.3. The number of hydrogen-bond donors (Lipinski definition) is 13. The van der Waals surface area contributed by atoms with Crippen LogP contribution >= 0.6 is 54.8 Å². The monoisotopic (exact) mass is 1130 g/mol. The maximum atomic E-state index is 12.9. The SMILES string of the molecule is O=P(O)(O)OCC(CNF)COP(=O)(O)OCCOP(=O)(O)OCC(CNF)COP(=O)(O)OCCOP(=O)(O)OCC(CNF)COP(=O)(O)OCCOP(=O)(O)OCC(CO)CNF. The van der Waals surface area contributed by atoms with Crippen molar-refractivity contribution in [3.63, 3.8) is 0 Å². The van der Waals surface area contributed by atoms with Crippen LogP contribution in [0, 0.1) is 23.7 Å². The summed E-state index contributed by atoms with van der Waals surface area (Å²) < 4.78 is 193. The summed E-state index contributed by atoms with van der Waals surface area (Å²) in [5.41, 5.74) is 4.67. The normalized spacial score (nSPS) is 19.9. The number of aliphatic hydroxyl groups is 1. The van der Waals surface area contributed by atoms with Gasteiger partial charge in [0.2, 0.25) is 0 Å². The number of hydrogen-bond acceptors (Lipinski definition) is 25. The van der Waals surface area contributed by atoms with Gasteiger partial charge in [0.15, 0.2) is 0 Å². The molecule has 0 aromatic heterocycles. The van der Waals surface area contributed by atoms with Crippen molar-refractivity contribution < 1.29 is 153 Å². The Morgan fingerprint density at radius 1 is 0.318 bits per heavy atom. The zero-order valence-electron chi connectivity index (χ0n) is 33.9. The minimum absolute atomic E-state index is 0.419. The van der Waals surface area contributed by atoms with Crippen LogP contribution in [0.25, 0.3) is 0 Å². The van der Waals surface area contributed by atoms with E-state index in [0.717, 1.165) is 16.6 Å². The maximum Gasteiger partial charge on any atom is 0.472 e. The Labute approximate surface area is 371 Å². The second-order valence-corrected chi connectivity index (χ2v) is 22.3. The highest BCUT2D eigenvalue weighted by Gasteiger charge is 2.32. The maximum absolute atomic E-state index is 12.9. The van der Waals surface area contributed by atoms with Gasteiger partial charge in [-0.25, -0.2) is 32.0 Å². The van der Waals surface area contributed by atoms with Crippen LogP contribution in [0.2, 0.25) is 0 Å². The fraction of sp³-hybridized carbons (Fsp3) is 1.00. The van der Waals surface area contributed by atoms with Gasteiger partial charge in [0.25, 0.3) is 0 Å². The van der Waals surface area contributed by atoms with Gasteiger partial charge in [-0.15, -0.1) is 17.9 Å². The Morgan fingerprint density at radius 2 is 0.500 bits per heavy atom. The van der Waals surface area contributed by atoms with Crippen molar-refractivity contribution in [2.75, 3.05) is 119 Å². The summed E-state index contributed by atoms with van der Waals surface area (Å²) in [4.78, 5) is 76.1. The van der Waals surface area contributed by atoms with Gasteiger partial charge < -0.3 is 44.3 Å². The lowest BCUT2D eigenvalue weighted by atomic mass is 10.2. The van der Waals surface area contributed by atoms with E-state index in [4.69, 9.17) is 14.9 Å². The molecule has 0 saturated carbocycles. The first-order valence-corrected chi connectivity index (χ1v) is 28.4. The molecule has 0 aromatic carbocycles. The molecule has 44 heteroatoms. The highest BCUT2D eigenvalue weighted by atomic mass is 31.2. The fourth-order valence-electron chi connectivity index (χ4n) is 3.65. The lowest BCUT2D eigenvalue weighted by molar-refractivity contribution is 0.0618. The van der Waals surface area contributed by atoms with E-state index in [1.54, 1.807) is 0 Å². The quantitative estimate of drug-likeness (QED) is 0.0168. The van der Waals surface area contributed by atoms with Crippen LogP contribution < -0.4 is 22.2 Å². The van der Waals surface area contributed by atoms with Crippen molar-refractivity contribution in [2.24, 2.45) is 23.7 Å². The number of phosphoric ester groups is 7. The molecule has 0 aliphatic rings. The topological polar surface area (TPSA) is 470 Å². The molecule has 10 atom stereocenters. The summed E-state index contributed by atoms with van der Waals surface area (Å²) in [6.45, 7) is -14.4. The fourth-order valence-corrected chi connectivity index (χ4v) is 8.73. The molecule has 0 aliphatic heterocycles. The van der Waals surface area contributed by atoms with Crippen molar-refractivity contribution in [1.82, 2.24) is 22.2 Å². The lowest BCUT2D eigenvalue weighted by Gasteiger charge is -2.21. The molecule has 398 valence electrons. The van der Waals surface area contributed by atoms with E-state index in [2.05, 4.69) is 58.8 Å². The number of rotatable bonds is 45. The van der Waals surface area contributed by atoms with E-state index in [0.29, 0.717) is 0 Å². The van der Waals surface area contributed by atoms with Crippen molar-refractivity contribution >= 4 is 54.8 Å². The van der Waals surface area contributed by atoms with Crippen LogP contribution in [0.4, 0.5) is 17.9 Å². The number of halogens is 4. The summed E-state index contributed by atoms with van der Waals surface area (Å²) in [5, 5.41) is 9.02. The van der Waals surface area contributed by atoms with Crippen LogP contribution in [-0.4, -0.2) is 163 Å². The van der Waals surface area contributed by atoms with Crippen molar-refractivity contribution in [3.8, 4) is 0 Å². The minimum Gasteiger partial charge on any atom is -0.396 e. The van der Waals surface area contributed by atoms with Gasteiger partial charge in [0, 0.05) is 56.5 Å². The molecule has 0 fully saturated rings. The molecule has 0 heterocycles. The predicted octanol–water partition coefficient (Wildman–Crippen LogP) is 0.251. The average molecular weight is 1130 g/mol. The van der Waals surface area contributed by atoms with E-state index in [1.165, 1.54) is 5.54 Å². The number of aliphatic hydroxyl groups excluding tert-OH is 1. The van der Waals surface area contributed by atoms with Gasteiger partial charge in [-0.1, -0.05) is 0 Å². The van der Waals surface area contributed by atoms with Crippen LogP contribution in [-0.2, 0) is 90.8 Å². The molecule has 33 nitrogen and oxygen atoms in total. The summed E-state index contributed by atoms with van der Waals surface area (Å²) >= 11 is 0. The highest BCUT2D eigenvalue weighted by molar-refractivity contribution is 7.49. The van der Waals surface area contributed by atoms with Crippen molar-refractivity contribution in [1.29, 1.82) is 0 Å². The third-order valence-corrected chi connectivity index (χ3v) is 13.2. The predicted molar refractivity (Wildman–Crippen MR) is 206 cm³/mol. The standard InChI is InChI=1S/C22H53F4N4O29P7/c23-27-7-19(11-31)12-54-61(35,36)47-1-2-49-63(39,40)56-15-21(9-29-25)16-58-65(43,44)51-5-6-52-66(45,46)59-18-22(10-30-26)17-57-64(41,42)50-4-3-48-62(37,38)55-14-20(8-28-24)13-53-60(32,33)34/h19-22,27-31H,1-18H2,(H,35,36)(H,37,38)(H,39,40)(H,41,42)(H,43,44)(H,45,46)(H2,32,33,34). The van der Waals surface area contributed by atoms with E-state index in [1.807, 2.05) is 0 Å².